The molecule has 0 radical (unpaired) electrons. The molecule has 0 aliphatic carbocycles. The van der Waals surface area contributed by atoms with Crippen LogP contribution in [-0.4, -0.2) is 31.6 Å². The normalized spacial score (nSPS) is 12.4. The predicted octanol–water partition coefficient (Wildman–Crippen LogP) is 2.46. The fraction of sp³-hybridized carbons (Fsp3) is 0.500. The van der Waals surface area contributed by atoms with E-state index in [0.29, 0.717) is 12.5 Å². The van der Waals surface area contributed by atoms with Crippen molar-refractivity contribution in [1.82, 2.24) is 10.2 Å². The van der Waals surface area contributed by atoms with Crippen molar-refractivity contribution >= 4 is 0 Å². The molecule has 0 aromatic heterocycles. The molecule has 2 heteroatoms. The molecule has 18 heavy (non-hydrogen) atoms. The molecule has 0 aliphatic heterocycles. The van der Waals surface area contributed by atoms with E-state index in [0.717, 1.165) is 19.6 Å². The first-order valence-corrected chi connectivity index (χ1v) is 6.59. The first-order chi connectivity index (χ1) is 8.67. The van der Waals surface area contributed by atoms with Gasteiger partial charge >= 0.3 is 0 Å². The summed E-state index contributed by atoms with van der Waals surface area (Å²) < 4.78 is 0. The molecule has 0 fully saturated rings. The maximum atomic E-state index is 5.29. The van der Waals surface area contributed by atoms with Crippen LogP contribution in [0, 0.1) is 12.3 Å². The summed E-state index contributed by atoms with van der Waals surface area (Å²) in [4.78, 5) is 2.14. The Labute approximate surface area is 111 Å². The van der Waals surface area contributed by atoms with Crippen molar-refractivity contribution in [2.45, 2.75) is 26.3 Å². The number of hydrogen-bond donors (Lipinski definition) is 1. The standard InChI is InChI=1S/C16H24N2/c1-5-11-18(4)13-15-7-9-16(10-8-15)14(3)12-17-6-2/h1,7-10,14,17H,6,11-13H2,2-4H3. The van der Waals surface area contributed by atoms with E-state index in [2.05, 4.69) is 54.3 Å². The van der Waals surface area contributed by atoms with Gasteiger partial charge in [0.15, 0.2) is 0 Å². The molecule has 1 rings (SSSR count). The van der Waals surface area contributed by atoms with Crippen molar-refractivity contribution in [2.75, 3.05) is 26.7 Å². The summed E-state index contributed by atoms with van der Waals surface area (Å²) in [5.41, 5.74) is 2.70. The number of hydrogen-bond acceptors (Lipinski definition) is 2. The number of rotatable bonds is 7. The Balaban J connectivity index is 2.54. The second kappa shape index (κ2) is 7.92. The van der Waals surface area contributed by atoms with Crippen LogP contribution in [0.2, 0.25) is 0 Å². The highest BCUT2D eigenvalue weighted by atomic mass is 15.1. The second-order valence-corrected chi connectivity index (χ2v) is 4.83. The highest BCUT2D eigenvalue weighted by molar-refractivity contribution is 5.25. The fourth-order valence-corrected chi connectivity index (χ4v) is 1.95. The van der Waals surface area contributed by atoms with E-state index >= 15 is 0 Å². The lowest BCUT2D eigenvalue weighted by Gasteiger charge is -2.15. The van der Waals surface area contributed by atoms with E-state index in [1.807, 2.05) is 7.05 Å². The highest BCUT2D eigenvalue weighted by Crippen LogP contribution is 2.15. The van der Waals surface area contributed by atoms with E-state index in [-0.39, 0.29) is 0 Å². The second-order valence-electron chi connectivity index (χ2n) is 4.83. The fourth-order valence-electron chi connectivity index (χ4n) is 1.95. The third-order valence-electron chi connectivity index (χ3n) is 3.06. The predicted molar refractivity (Wildman–Crippen MR) is 78.6 cm³/mol. The molecule has 0 amide bonds. The summed E-state index contributed by atoms with van der Waals surface area (Å²) in [6, 6.07) is 8.84. The summed E-state index contributed by atoms with van der Waals surface area (Å²) >= 11 is 0. The summed E-state index contributed by atoms with van der Waals surface area (Å²) in [6.45, 7) is 8.05. The maximum Gasteiger partial charge on any atom is 0.0599 e. The molecule has 2 nitrogen and oxygen atoms in total. The van der Waals surface area contributed by atoms with Crippen LogP contribution in [0.4, 0.5) is 0 Å². The molecule has 0 saturated carbocycles. The number of likely N-dealkylation sites (N-methyl/N-ethyl adjacent to an activating group) is 1. The van der Waals surface area contributed by atoms with Crippen LogP contribution in [0.15, 0.2) is 24.3 Å². The number of nitrogens with one attached hydrogen (secondary N) is 1. The van der Waals surface area contributed by atoms with Crippen LogP contribution in [-0.2, 0) is 6.54 Å². The number of terminal acetylenes is 1. The monoisotopic (exact) mass is 244 g/mol. The lowest BCUT2D eigenvalue weighted by molar-refractivity contribution is 0.369. The van der Waals surface area contributed by atoms with Crippen molar-refractivity contribution in [1.29, 1.82) is 0 Å². The minimum Gasteiger partial charge on any atom is -0.316 e. The van der Waals surface area contributed by atoms with E-state index in [1.165, 1.54) is 11.1 Å². The molecule has 98 valence electrons. The molecule has 1 atom stereocenters. The third kappa shape index (κ3) is 4.91. The van der Waals surface area contributed by atoms with Crippen LogP contribution in [0.5, 0.6) is 0 Å². The molecule has 1 unspecified atom stereocenters. The van der Waals surface area contributed by atoms with E-state index in [9.17, 15) is 0 Å². The first kappa shape index (κ1) is 14.8. The van der Waals surface area contributed by atoms with Gasteiger partial charge in [-0.25, -0.2) is 0 Å². The Morgan fingerprint density at radius 2 is 2.00 bits per heavy atom. The summed E-state index contributed by atoms with van der Waals surface area (Å²) in [5.74, 6) is 3.22. The van der Waals surface area contributed by atoms with Crippen LogP contribution in [0.3, 0.4) is 0 Å². The van der Waals surface area contributed by atoms with Gasteiger partial charge in [0.1, 0.15) is 0 Å². The van der Waals surface area contributed by atoms with Crippen LogP contribution in [0.25, 0.3) is 0 Å². The average molecular weight is 244 g/mol. The third-order valence-corrected chi connectivity index (χ3v) is 3.06. The molecular weight excluding hydrogens is 220 g/mol. The van der Waals surface area contributed by atoms with Gasteiger partial charge in [0.25, 0.3) is 0 Å². The Hall–Kier alpha value is -1.30. The summed E-state index contributed by atoms with van der Waals surface area (Å²) in [6.07, 6.45) is 5.29. The SMILES string of the molecule is C#CCN(C)Cc1ccc(C(C)CNCC)cc1. The smallest absolute Gasteiger partial charge is 0.0599 e. The largest absolute Gasteiger partial charge is 0.316 e. The van der Waals surface area contributed by atoms with Crippen molar-refractivity contribution < 1.29 is 0 Å². The minimum absolute atomic E-state index is 0.558. The van der Waals surface area contributed by atoms with E-state index in [1.54, 1.807) is 0 Å². The van der Waals surface area contributed by atoms with Gasteiger partial charge in [-0.1, -0.05) is 44.0 Å². The Bertz CT molecular complexity index is 375. The van der Waals surface area contributed by atoms with Crippen LogP contribution >= 0.6 is 0 Å². The number of benzene rings is 1. The Kier molecular flexibility index (Phi) is 6.49. The molecule has 1 aromatic carbocycles. The molecule has 1 N–H and O–H groups in total. The Morgan fingerprint density at radius 1 is 1.33 bits per heavy atom. The lowest BCUT2D eigenvalue weighted by Crippen LogP contribution is -2.19. The van der Waals surface area contributed by atoms with Gasteiger partial charge in [0.05, 0.1) is 6.54 Å². The highest BCUT2D eigenvalue weighted by Gasteiger charge is 2.05. The summed E-state index contributed by atoms with van der Waals surface area (Å²) in [7, 11) is 2.04. The van der Waals surface area contributed by atoms with Crippen molar-refractivity contribution in [3.63, 3.8) is 0 Å². The van der Waals surface area contributed by atoms with Gasteiger partial charge in [0.2, 0.25) is 0 Å². The molecule has 0 spiro atoms. The zero-order chi connectivity index (χ0) is 13.4. The molecule has 0 aliphatic rings. The first-order valence-electron chi connectivity index (χ1n) is 6.59. The van der Waals surface area contributed by atoms with Crippen molar-refractivity contribution in [2.24, 2.45) is 0 Å². The van der Waals surface area contributed by atoms with Crippen LogP contribution in [0.1, 0.15) is 30.9 Å². The van der Waals surface area contributed by atoms with Crippen LogP contribution < -0.4 is 5.32 Å². The van der Waals surface area contributed by atoms with Gasteiger partial charge in [-0.15, -0.1) is 6.42 Å². The summed E-state index contributed by atoms with van der Waals surface area (Å²) in [5, 5.41) is 3.38. The molecular formula is C16H24N2. The number of nitrogens with zero attached hydrogens (tertiary/aromatic N) is 1. The topological polar surface area (TPSA) is 15.3 Å². The molecule has 0 bridgehead atoms. The maximum absolute atomic E-state index is 5.29. The van der Waals surface area contributed by atoms with Gasteiger partial charge in [-0.2, -0.15) is 0 Å². The van der Waals surface area contributed by atoms with Gasteiger partial charge in [0, 0.05) is 13.1 Å². The van der Waals surface area contributed by atoms with Gasteiger partial charge in [-0.05, 0) is 30.6 Å². The minimum atomic E-state index is 0.558. The zero-order valence-corrected chi connectivity index (χ0v) is 11.7. The molecule has 0 saturated heterocycles. The molecule has 1 aromatic rings. The molecule has 0 heterocycles. The van der Waals surface area contributed by atoms with E-state index in [4.69, 9.17) is 6.42 Å². The lowest BCUT2D eigenvalue weighted by atomic mass is 9.99. The zero-order valence-electron chi connectivity index (χ0n) is 11.7. The average Bonchev–Trinajstić information content (AvgIpc) is 2.37. The Morgan fingerprint density at radius 3 is 2.56 bits per heavy atom. The van der Waals surface area contributed by atoms with Crippen molar-refractivity contribution in [3.8, 4) is 12.3 Å². The quantitative estimate of drug-likeness (QED) is 0.741. The van der Waals surface area contributed by atoms with Gasteiger partial charge in [-0.3, -0.25) is 4.90 Å². The van der Waals surface area contributed by atoms with Gasteiger partial charge < -0.3 is 5.32 Å². The van der Waals surface area contributed by atoms with E-state index < -0.39 is 0 Å². The van der Waals surface area contributed by atoms with Crippen molar-refractivity contribution in [3.05, 3.63) is 35.4 Å².